The van der Waals surface area contributed by atoms with E-state index >= 15 is 0 Å². The lowest BCUT2D eigenvalue weighted by atomic mass is 10.2. The molecule has 1 aliphatic rings. The van der Waals surface area contributed by atoms with Gasteiger partial charge in [0.2, 0.25) is 0 Å². The molecule has 1 heterocycles. The van der Waals surface area contributed by atoms with Gasteiger partial charge in [-0.05, 0) is 37.6 Å². The van der Waals surface area contributed by atoms with Gasteiger partial charge >= 0.3 is 0 Å². The molecule has 1 aliphatic heterocycles. The lowest BCUT2D eigenvalue weighted by Crippen LogP contribution is -2.27. The van der Waals surface area contributed by atoms with Crippen LogP contribution >= 0.6 is 39.9 Å². The minimum atomic E-state index is -0.0654. The zero-order valence-corrected chi connectivity index (χ0v) is 16.7. The third-order valence-electron chi connectivity index (χ3n) is 3.20. The normalized spacial score (nSPS) is 16.0. The third-order valence-corrected chi connectivity index (χ3v) is 5.26. The fraction of sp³-hybridized carbons (Fsp3) is 0.294. The van der Waals surface area contributed by atoms with Crippen molar-refractivity contribution in [2.24, 2.45) is 0 Å². The fourth-order valence-electron chi connectivity index (χ4n) is 2.11. The molecule has 7 heteroatoms. The predicted molar refractivity (Wildman–Crippen MR) is 107 cm³/mol. The summed E-state index contributed by atoms with van der Waals surface area (Å²) in [5.74, 6) is 1.19. The van der Waals surface area contributed by atoms with E-state index in [0.29, 0.717) is 40.5 Å². The lowest BCUT2D eigenvalue weighted by Gasteiger charge is -2.13. The molecule has 1 aromatic rings. The summed E-state index contributed by atoms with van der Waals surface area (Å²) in [6.45, 7) is 8.94. The van der Waals surface area contributed by atoms with E-state index in [1.807, 2.05) is 32.1 Å². The first-order valence-corrected chi connectivity index (χ1v) is 9.49. The van der Waals surface area contributed by atoms with Crippen molar-refractivity contribution in [3.8, 4) is 11.5 Å². The smallest absolute Gasteiger partial charge is 0.266 e. The van der Waals surface area contributed by atoms with E-state index in [4.69, 9.17) is 21.7 Å². The number of ether oxygens (including phenoxy) is 2. The second-order valence-corrected chi connectivity index (χ2v) is 7.31. The molecule has 0 bridgehead atoms. The average Bonchev–Trinajstić information content (AvgIpc) is 2.82. The predicted octanol–water partition coefficient (Wildman–Crippen LogP) is 4.63. The molecule has 0 aromatic heterocycles. The molecule has 0 aliphatic carbocycles. The standard InChI is InChI=1S/C17H18BrNO3S2/c1-4-7-22-14-10-12(18)11(8-13(14)21-6-3)9-15-16(20)19(5-2)17(23)24-15/h4,8-10H,1,5-7H2,2-3H3. The Morgan fingerprint density at radius 2 is 2.04 bits per heavy atom. The first-order valence-electron chi connectivity index (χ1n) is 7.47. The van der Waals surface area contributed by atoms with E-state index < -0.39 is 0 Å². The third kappa shape index (κ3) is 4.20. The Morgan fingerprint density at radius 3 is 2.62 bits per heavy atom. The van der Waals surface area contributed by atoms with Crippen molar-refractivity contribution in [3.05, 3.63) is 39.7 Å². The van der Waals surface area contributed by atoms with Gasteiger partial charge in [-0.2, -0.15) is 0 Å². The second kappa shape index (κ2) is 8.69. The minimum Gasteiger partial charge on any atom is -0.490 e. The maximum absolute atomic E-state index is 12.3. The SMILES string of the molecule is C=CCOc1cc(Br)c(C=C2SC(=S)N(CC)C2=O)cc1OCC. The van der Waals surface area contributed by atoms with Gasteiger partial charge in [-0.3, -0.25) is 9.69 Å². The molecule has 1 fully saturated rings. The van der Waals surface area contributed by atoms with Crippen molar-refractivity contribution in [2.75, 3.05) is 19.8 Å². The summed E-state index contributed by atoms with van der Waals surface area (Å²) in [5.41, 5.74) is 0.834. The highest BCUT2D eigenvalue weighted by Gasteiger charge is 2.30. The van der Waals surface area contributed by atoms with Crippen molar-refractivity contribution in [1.29, 1.82) is 0 Å². The van der Waals surface area contributed by atoms with Crippen LogP contribution in [0.5, 0.6) is 11.5 Å². The molecular weight excluding hydrogens is 410 g/mol. The molecule has 0 radical (unpaired) electrons. The number of nitrogens with zero attached hydrogens (tertiary/aromatic N) is 1. The number of amides is 1. The average molecular weight is 428 g/mol. The molecule has 24 heavy (non-hydrogen) atoms. The van der Waals surface area contributed by atoms with Crippen molar-refractivity contribution >= 4 is 56.2 Å². The number of thiocarbonyl (C=S) groups is 1. The molecule has 2 rings (SSSR count). The van der Waals surface area contributed by atoms with Gasteiger partial charge in [0.25, 0.3) is 5.91 Å². The summed E-state index contributed by atoms with van der Waals surface area (Å²) < 4.78 is 12.7. The molecule has 1 amide bonds. The van der Waals surface area contributed by atoms with Gasteiger partial charge in [-0.1, -0.05) is 52.6 Å². The zero-order valence-electron chi connectivity index (χ0n) is 13.5. The van der Waals surface area contributed by atoms with Crippen LogP contribution in [0.4, 0.5) is 0 Å². The van der Waals surface area contributed by atoms with Crippen LogP contribution < -0.4 is 9.47 Å². The van der Waals surface area contributed by atoms with Crippen LogP contribution in [-0.4, -0.2) is 34.9 Å². The number of hydrogen-bond acceptors (Lipinski definition) is 5. The highest BCUT2D eigenvalue weighted by Crippen LogP contribution is 2.38. The molecule has 0 atom stereocenters. The van der Waals surface area contributed by atoms with Crippen LogP contribution in [-0.2, 0) is 4.79 Å². The Labute approximate surface area is 160 Å². The Kier molecular flexibility index (Phi) is 6.89. The number of rotatable bonds is 7. The van der Waals surface area contributed by atoms with Gasteiger partial charge in [0, 0.05) is 11.0 Å². The van der Waals surface area contributed by atoms with Gasteiger partial charge in [0.1, 0.15) is 10.9 Å². The van der Waals surface area contributed by atoms with Crippen molar-refractivity contribution < 1.29 is 14.3 Å². The van der Waals surface area contributed by atoms with Crippen molar-refractivity contribution in [3.63, 3.8) is 0 Å². The van der Waals surface area contributed by atoms with Gasteiger partial charge < -0.3 is 9.47 Å². The summed E-state index contributed by atoms with van der Waals surface area (Å²) in [6, 6.07) is 3.69. The maximum atomic E-state index is 12.3. The zero-order chi connectivity index (χ0) is 17.7. The Hall–Kier alpha value is -1.31. The number of thioether (sulfide) groups is 1. The molecule has 0 N–H and O–H groups in total. The van der Waals surface area contributed by atoms with E-state index in [0.717, 1.165) is 10.0 Å². The second-order valence-electron chi connectivity index (χ2n) is 4.78. The Morgan fingerprint density at radius 1 is 1.33 bits per heavy atom. The monoisotopic (exact) mass is 427 g/mol. The van der Waals surface area contributed by atoms with Crippen LogP contribution in [0.15, 0.2) is 34.2 Å². The number of benzene rings is 1. The van der Waals surface area contributed by atoms with Crippen LogP contribution in [0.25, 0.3) is 6.08 Å². The largest absolute Gasteiger partial charge is 0.490 e. The van der Waals surface area contributed by atoms with Gasteiger partial charge in [-0.25, -0.2) is 0 Å². The molecule has 0 saturated carbocycles. The van der Waals surface area contributed by atoms with E-state index in [1.165, 1.54) is 11.8 Å². The van der Waals surface area contributed by atoms with Crippen molar-refractivity contribution in [1.82, 2.24) is 4.90 Å². The number of halogens is 1. The van der Waals surface area contributed by atoms with Crippen molar-refractivity contribution in [2.45, 2.75) is 13.8 Å². The molecule has 0 unspecified atom stereocenters. The first kappa shape index (κ1) is 19.0. The molecular formula is C17H18BrNO3S2. The summed E-state index contributed by atoms with van der Waals surface area (Å²) in [6.07, 6.45) is 3.49. The highest BCUT2D eigenvalue weighted by atomic mass is 79.9. The molecule has 128 valence electrons. The topological polar surface area (TPSA) is 38.8 Å². The van der Waals surface area contributed by atoms with Crippen LogP contribution in [0.1, 0.15) is 19.4 Å². The van der Waals surface area contributed by atoms with Gasteiger partial charge in [0.15, 0.2) is 11.5 Å². The number of carbonyl (C=O) groups is 1. The van der Waals surface area contributed by atoms with Crippen LogP contribution in [0.3, 0.4) is 0 Å². The summed E-state index contributed by atoms with van der Waals surface area (Å²) in [7, 11) is 0. The number of hydrogen-bond donors (Lipinski definition) is 0. The first-order chi connectivity index (χ1) is 11.5. The van der Waals surface area contributed by atoms with Crippen LogP contribution in [0, 0.1) is 0 Å². The van der Waals surface area contributed by atoms with Crippen LogP contribution in [0.2, 0.25) is 0 Å². The number of likely N-dealkylation sites (N-methyl/N-ethyl adjacent to an activating group) is 1. The maximum Gasteiger partial charge on any atom is 0.266 e. The molecule has 1 saturated heterocycles. The van der Waals surface area contributed by atoms with Gasteiger partial charge in [0.05, 0.1) is 11.5 Å². The van der Waals surface area contributed by atoms with E-state index in [1.54, 1.807) is 11.0 Å². The quantitative estimate of drug-likeness (QED) is 0.360. The molecule has 4 nitrogen and oxygen atoms in total. The van der Waals surface area contributed by atoms with E-state index in [2.05, 4.69) is 22.5 Å². The lowest BCUT2D eigenvalue weighted by molar-refractivity contribution is -0.121. The van der Waals surface area contributed by atoms with Gasteiger partial charge in [-0.15, -0.1) is 0 Å². The molecule has 1 aromatic carbocycles. The molecule has 0 spiro atoms. The Balaban J connectivity index is 2.38. The summed E-state index contributed by atoms with van der Waals surface area (Å²) in [4.78, 5) is 14.5. The highest BCUT2D eigenvalue weighted by molar-refractivity contribution is 9.10. The Bertz CT molecular complexity index is 703. The fourth-order valence-corrected chi connectivity index (χ4v) is 3.92. The summed E-state index contributed by atoms with van der Waals surface area (Å²) in [5, 5.41) is 0. The summed E-state index contributed by atoms with van der Waals surface area (Å²) >= 11 is 10.1. The van der Waals surface area contributed by atoms with E-state index in [-0.39, 0.29) is 5.91 Å². The van der Waals surface area contributed by atoms with E-state index in [9.17, 15) is 4.79 Å². The minimum absolute atomic E-state index is 0.0654. The number of carbonyl (C=O) groups excluding carboxylic acids is 1.